The van der Waals surface area contributed by atoms with Gasteiger partial charge in [0.2, 0.25) is 0 Å². The number of hydrogen-bond acceptors (Lipinski definition) is 3. The third-order valence-electron chi connectivity index (χ3n) is 4.48. The molecule has 1 amide bonds. The zero-order valence-corrected chi connectivity index (χ0v) is 13.7. The molecule has 1 saturated heterocycles. The molecule has 1 aromatic carbocycles. The average molecular weight is 349 g/mol. The number of aromatic nitrogens is 2. The Kier molecular flexibility index (Phi) is 4.28. The van der Waals surface area contributed by atoms with Gasteiger partial charge in [-0.25, -0.2) is 13.5 Å². The lowest BCUT2D eigenvalue weighted by molar-refractivity contribution is -0.142. The van der Waals surface area contributed by atoms with Gasteiger partial charge in [0.1, 0.15) is 5.69 Å². The van der Waals surface area contributed by atoms with Crippen molar-refractivity contribution in [3.8, 4) is 5.69 Å². The maximum atomic E-state index is 13.9. The summed E-state index contributed by atoms with van der Waals surface area (Å²) >= 11 is 0. The second kappa shape index (κ2) is 6.27. The van der Waals surface area contributed by atoms with Gasteiger partial charge in [-0.1, -0.05) is 13.0 Å². The van der Waals surface area contributed by atoms with Crippen molar-refractivity contribution in [2.24, 2.45) is 11.8 Å². The van der Waals surface area contributed by atoms with Gasteiger partial charge in [-0.3, -0.25) is 9.59 Å². The second-order valence-corrected chi connectivity index (χ2v) is 6.31. The van der Waals surface area contributed by atoms with Gasteiger partial charge in [0.05, 0.1) is 5.92 Å². The SMILES string of the molecule is Cc1cn(-c2c(F)cccc2F)nc1C(=O)N1C[C@@H](C)[C@H](C(=O)O)C1. The number of amides is 1. The van der Waals surface area contributed by atoms with Gasteiger partial charge in [0, 0.05) is 24.8 Å². The van der Waals surface area contributed by atoms with Crippen LogP contribution < -0.4 is 0 Å². The highest BCUT2D eigenvalue weighted by Crippen LogP contribution is 2.26. The van der Waals surface area contributed by atoms with Crippen molar-refractivity contribution in [3.63, 3.8) is 0 Å². The van der Waals surface area contributed by atoms with Crippen LogP contribution in [0.2, 0.25) is 0 Å². The van der Waals surface area contributed by atoms with E-state index in [4.69, 9.17) is 0 Å². The number of halogens is 2. The Morgan fingerprint density at radius 2 is 1.88 bits per heavy atom. The van der Waals surface area contributed by atoms with E-state index in [0.717, 1.165) is 16.8 Å². The van der Waals surface area contributed by atoms with E-state index in [1.54, 1.807) is 13.8 Å². The topological polar surface area (TPSA) is 75.4 Å². The van der Waals surface area contributed by atoms with E-state index in [9.17, 15) is 23.5 Å². The minimum atomic E-state index is -0.946. The Bertz CT molecular complexity index is 829. The van der Waals surface area contributed by atoms with E-state index in [0.29, 0.717) is 12.1 Å². The Morgan fingerprint density at radius 3 is 2.44 bits per heavy atom. The smallest absolute Gasteiger partial charge is 0.308 e. The molecular formula is C17H17F2N3O3. The van der Waals surface area contributed by atoms with E-state index in [1.807, 2.05) is 0 Å². The normalized spacial score (nSPS) is 20.1. The fraction of sp³-hybridized carbons (Fsp3) is 0.353. The number of aliphatic carboxylic acids is 1. The largest absolute Gasteiger partial charge is 0.481 e. The highest BCUT2D eigenvalue weighted by molar-refractivity contribution is 5.94. The van der Waals surface area contributed by atoms with Crippen molar-refractivity contribution in [3.05, 3.63) is 47.3 Å². The third kappa shape index (κ3) is 2.99. The maximum Gasteiger partial charge on any atom is 0.308 e. The molecule has 1 N–H and O–H groups in total. The van der Waals surface area contributed by atoms with Crippen LogP contribution in [0.1, 0.15) is 23.0 Å². The third-order valence-corrected chi connectivity index (χ3v) is 4.48. The summed E-state index contributed by atoms with van der Waals surface area (Å²) in [6.45, 7) is 3.78. The Hall–Kier alpha value is -2.77. The summed E-state index contributed by atoms with van der Waals surface area (Å²) in [6, 6.07) is 3.46. The molecule has 2 atom stereocenters. The van der Waals surface area contributed by atoms with E-state index in [1.165, 1.54) is 17.2 Å². The Balaban J connectivity index is 1.91. The molecule has 2 heterocycles. The van der Waals surface area contributed by atoms with Crippen LogP contribution >= 0.6 is 0 Å². The Morgan fingerprint density at radius 1 is 1.24 bits per heavy atom. The molecule has 6 nitrogen and oxygen atoms in total. The molecule has 0 spiro atoms. The van der Waals surface area contributed by atoms with Crippen LogP contribution in [0.5, 0.6) is 0 Å². The van der Waals surface area contributed by atoms with Crippen molar-refractivity contribution in [2.75, 3.05) is 13.1 Å². The van der Waals surface area contributed by atoms with Gasteiger partial charge < -0.3 is 10.0 Å². The summed E-state index contributed by atoms with van der Waals surface area (Å²) in [5.41, 5.74) is 0.155. The molecule has 3 rings (SSSR count). The molecule has 8 heteroatoms. The minimum Gasteiger partial charge on any atom is -0.481 e. The van der Waals surface area contributed by atoms with E-state index < -0.39 is 29.4 Å². The molecule has 1 aliphatic heterocycles. The lowest BCUT2D eigenvalue weighted by Gasteiger charge is -2.14. The molecule has 1 aliphatic rings. The molecule has 25 heavy (non-hydrogen) atoms. The zero-order chi connectivity index (χ0) is 18.3. The predicted molar refractivity (Wildman–Crippen MR) is 84.4 cm³/mol. The summed E-state index contributed by atoms with van der Waals surface area (Å²) in [7, 11) is 0. The van der Waals surface area contributed by atoms with Gasteiger partial charge in [-0.2, -0.15) is 5.10 Å². The standard InChI is InChI=1S/C17H17F2N3O3/c1-9-6-21(8-11(9)17(24)25)16(23)14-10(2)7-22(20-14)15-12(18)4-3-5-13(15)19/h3-5,7,9,11H,6,8H2,1-2H3,(H,24,25)/t9-,11-/m1/s1. The number of rotatable bonds is 3. The highest BCUT2D eigenvalue weighted by Gasteiger charge is 2.38. The molecule has 1 aromatic heterocycles. The number of likely N-dealkylation sites (tertiary alicyclic amines) is 1. The number of nitrogens with zero attached hydrogens (tertiary/aromatic N) is 3. The van der Waals surface area contributed by atoms with Crippen LogP contribution in [0.4, 0.5) is 8.78 Å². The van der Waals surface area contributed by atoms with Gasteiger partial charge in [-0.05, 0) is 25.0 Å². The van der Waals surface area contributed by atoms with Crippen molar-refractivity contribution < 1.29 is 23.5 Å². The van der Waals surface area contributed by atoms with Crippen LogP contribution in [0, 0.1) is 30.4 Å². The fourth-order valence-electron chi connectivity index (χ4n) is 3.10. The maximum absolute atomic E-state index is 13.9. The zero-order valence-electron chi connectivity index (χ0n) is 13.7. The van der Waals surface area contributed by atoms with Gasteiger partial charge in [0.15, 0.2) is 17.3 Å². The summed E-state index contributed by atoms with van der Waals surface area (Å²) in [4.78, 5) is 25.3. The first-order chi connectivity index (χ1) is 11.8. The van der Waals surface area contributed by atoms with E-state index >= 15 is 0 Å². The van der Waals surface area contributed by atoms with Crippen LogP contribution in [-0.2, 0) is 4.79 Å². The highest BCUT2D eigenvalue weighted by atomic mass is 19.1. The van der Waals surface area contributed by atoms with Crippen molar-refractivity contribution in [2.45, 2.75) is 13.8 Å². The number of para-hydroxylation sites is 1. The van der Waals surface area contributed by atoms with Crippen LogP contribution in [0.3, 0.4) is 0 Å². The predicted octanol–water partition coefficient (Wildman–Crippen LogP) is 2.25. The quantitative estimate of drug-likeness (QED) is 0.922. The van der Waals surface area contributed by atoms with Gasteiger partial charge in [0.25, 0.3) is 5.91 Å². The number of carbonyl (C=O) groups is 2. The summed E-state index contributed by atoms with van der Waals surface area (Å²) in [6.07, 6.45) is 1.38. The first-order valence-corrected chi connectivity index (χ1v) is 7.82. The first-order valence-electron chi connectivity index (χ1n) is 7.82. The molecule has 1 fully saturated rings. The van der Waals surface area contributed by atoms with Crippen molar-refractivity contribution in [1.29, 1.82) is 0 Å². The summed E-state index contributed by atoms with van der Waals surface area (Å²) in [5, 5.41) is 13.2. The molecule has 0 aliphatic carbocycles. The monoisotopic (exact) mass is 349 g/mol. The van der Waals surface area contributed by atoms with E-state index in [-0.39, 0.29) is 23.8 Å². The molecule has 132 valence electrons. The number of hydrogen-bond donors (Lipinski definition) is 1. The number of carboxylic acids is 1. The molecule has 2 aromatic rings. The molecule has 0 radical (unpaired) electrons. The van der Waals surface area contributed by atoms with Crippen LogP contribution in [0.25, 0.3) is 5.69 Å². The molecule has 0 saturated carbocycles. The van der Waals surface area contributed by atoms with E-state index in [2.05, 4.69) is 5.10 Å². The molecular weight excluding hydrogens is 332 g/mol. The molecule has 0 unspecified atom stereocenters. The number of aryl methyl sites for hydroxylation is 1. The number of carboxylic acid groups (broad SMARTS) is 1. The Labute approximate surface area is 142 Å². The van der Waals surface area contributed by atoms with Crippen molar-refractivity contribution >= 4 is 11.9 Å². The van der Waals surface area contributed by atoms with Crippen LogP contribution in [-0.4, -0.2) is 44.8 Å². The first kappa shape index (κ1) is 17.1. The summed E-state index contributed by atoms with van der Waals surface area (Å²) in [5.74, 6) is -3.77. The summed E-state index contributed by atoms with van der Waals surface area (Å²) < 4.78 is 28.8. The number of benzene rings is 1. The van der Waals surface area contributed by atoms with Crippen molar-refractivity contribution in [1.82, 2.24) is 14.7 Å². The lowest BCUT2D eigenvalue weighted by atomic mass is 9.99. The van der Waals surface area contributed by atoms with Crippen LogP contribution in [0.15, 0.2) is 24.4 Å². The van der Waals surface area contributed by atoms with Gasteiger partial charge >= 0.3 is 5.97 Å². The average Bonchev–Trinajstić information content (AvgIpc) is 3.10. The fourth-order valence-corrected chi connectivity index (χ4v) is 3.10. The molecule has 0 bridgehead atoms. The van der Waals surface area contributed by atoms with Gasteiger partial charge in [-0.15, -0.1) is 0 Å². The second-order valence-electron chi connectivity index (χ2n) is 6.31. The lowest BCUT2D eigenvalue weighted by Crippen LogP contribution is -2.30. The number of carbonyl (C=O) groups excluding carboxylic acids is 1. The minimum absolute atomic E-state index is 0.0564.